The van der Waals surface area contributed by atoms with Gasteiger partial charge in [-0.2, -0.15) is 26.3 Å². The van der Waals surface area contributed by atoms with Gasteiger partial charge in [-0.05, 0) is 54.6 Å². The molecule has 93 heavy (non-hydrogen) atoms. The lowest BCUT2D eigenvalue weighted by atomic mass is 10.3. The van der Waals surface area contributed by atoms with Gasteiger partial charge in [-0.15, -0.1) is 22.7 Å². The maximum absolute atomic E-state index is 13.3. The first kappa shape index (κ1) is 72.3. The molecule has 0 radical (unpaired) electrons. The number of thiazole rings is 6. The topological polar surface area (TPSA) is 281 Å². The van der Waals surface area contributed by atoms with Crippen LogP contribution >= 0.6 is 68.0 Å². The normalized spacial score (nSPS) is 11.6. The molecule has 39 heteroatoms. The SMILES string of the molecule is CNc1sc(-c2cccnc2)nc1F.CNc1sc(-c2cncc(F)c2)nc1F.CS(=O)(=O)c1sc(-c2cccnc2)nc1F.CS(=O)(=O)c1sc(-c2cncc(F)c2)nc1F.CS(=O)c1sc(-c2cccnc2)nc1F.CS(=O)c1sc(-c2cncc(F)c2)nc1F. The summed E-state index contributed by atoms with van der Waals surface area (Å²) in [5.74, 6) is -6.08. The van der Waals surface area contributed by atoms with Gasteiger partial charge in [0.25, 0.3) is 0 Å². The van der Waals surface area contributed by atoms with E-state index in [2.05, 4.69) is 70.4 Å². The summed E-state index contributed by atoms with van der Waals surface area (Å²) in [6.07, 6.45) is 21.5. The van der Waals surface area contributed by atoms with E-state index in [1.165, 1.54) is 60.8 Å². The highest BCUT2D eigenvalue weighted by Crippen LogP contribution is 2.35. The Kier molecular flexibility index (Phi) is 25.7. The lowest BCUT2D eigenvalue weighted by molar-refractivity contribution is 0.553. The van der Waals surface area contributed by atoms with Crippen LogP contribution in [0.1, 0.15) is 0 Å². The van der Waals surface area contributed by atoms with Crippen LogP contribution in [0.4, 0.5) is 49.5 Å². The van der Waals surface area contributed by atoms with E-state index in [-0.39, 0.29) is 28.2 Å². The Morgan fingerprint density at radius 2 is 0.634 bits per heavy atom. The van der Waals surface area contributed by atoms with Crippen LogP contribution in [0.3, 0.4) is 0 Å². The number of sulfone groups is 2. The fourth-order valence-corrected chi connectivity index (χ4v) is 15.3. The molecule has 12 rings (SSSR count). The average Bonchev–Trinajstić information content (AvgIpc) is 1.78. The van der Waals surface area contributed by atoms with Gasteiger partial charge >= 0.3 is 0 Å². The smallest absolute Gasteiger partial charge is 0.248 e. The predicted molar refractivity (Wildman–Crippen MR) is 342 cm³/mol. The summed E-state index contributed by atoms with van der Waals surface area (Å²) < 4.78 is 184. The third-order valence-corrected chi connectivity index (χ3v) is 23.6. The molecule has 12 aromatic heterocycles. The van der Waals surface area contributed by atoms with Crippen LogP contribution in [0.5, 0.6) is 0 Å². The number of hydrogen-bond donors (Lipinski definition) is 2. The Morgan fingerprint density at radius 3 is 0.892 bits per heavy atom. The maximum atomic E-state index is 13.3. The number of pyridine rings is 6. The van der Waals surface area contributed by atoms with Crippen molar-refractivity contribution in [2.24, 2.45) is 0 Å². The van der Waals surface area contributed by atoms with E-state index in [0.717, 1.165) is 93.6 Å². The summed E-state index contributed by atoms with van der Waals surface area (Å²) >= 11 is 5.88. The number of anilines is 2. The molecule has 12 heterocycles. The number of halogens is 9. The summed E-state index contributed by atoms with van der Waals surface area (Å²) in [5.41, 5.74) is 3.25. The highest BCUT2D eigenvalue weighted by Gasteiger charge is 2.23. The molecule has 0 aliphatic heterocycles. The maximum Gasteiger partial charge on any atom is 0.248 e. The minimum Gasteiger partial charge on any atom is -0.376 e. The number of nitrogens with zero attached hydrogens (tertiary/aromatic N) is 12. The number of hydrogen-bond acceptors (Lipinski definition) is 26. The Labute approximate surface area is 551 Å². The van der Waals surface area contributed by atoms with E-state index in [1.807, 2.05) is 6.07 Å². The molecule has 0 saturated carbocycles. The van der Waals surface area contributed by atoms with Crippen molar-refractivity contribution in [3.05, 3.63) is 182 Å². The van der Waals surface area contributed by atoms with Crippen LogP contribution in [0.15, 0.2) is 146 Å². The summed E-state index contributed by atoms with van der Waals surface area (Å²) in [4.78, 5) is 44.4. The second-order valence-corrected chi connectivity index (χ2v) is 31.1. The molecule has 2 N–H and O–H groups in total. The van der Waals surface area contributed by atoms with Crippen molar-refractivity contribution in [3.8, 4) is 63.4 Å². The first-order valence-electron chi connectivity index (χ1n) is 25.1. The second kappa shape index (κ2) is 33.1. The number of nitrogens with one attached hydrogen (secondary N) is 2. The molecule has 12 aromatic rings. The quantitative estimate of drug-likeness (QED) is 0.107. The zero-order chi connectivity index (χ0) is 67.7. The van der Waals surface area contributed by atoms with Crippen LogP contribution in [0, 0.1) is 53.1 Å². The van der Waals surface area contributed by atoms with Crippen molar-refractivity contribution in [2.45, 2.75) is 16.8 Å². The summed E-state index contributed by atoms with van der Waals surface area (Å²) in [6.45, 7) is 0. The molecule has 2 atom stereocenters. The molecule has 0 aliphatic rings. The fraction of sp³-hybridized carbons (Fsp3) is 0.111. The van der Waals surface area contributed by atoms with Gasteiger partial charge < -0.3 is 10.6 Å². The Balaban J connectivity index is 0.000000158. The zero-order valence-corrected chi connectivity index (χ0v) is 56.1. The van der Waals surface area contributed by atoms with Gasteiger partial charge in [-0.3, -0.25) is 38.3 Å². The van der Waals surface area contributed by atoms with Crippen LogP contribution in [0.2, 0.25) is 0 Å². The molecule has 0 aromatic carbocycles. The van der Waals surface area contributed by atoms with Gasteiger partial charge in [0.2, 0.25) is 35.7 Å². The monoisotopic (exact) mass is 1470 g/mol. The minimum atomic E-state index is -3.66. The second-order valence-electron chi connectivity index (χ2n) is 17.5. The first-order valence-corrected chi connectivity index (χ1v) is 36.9. The molecule has 0 fully saturated rings. The third-order valence-electron chi connectivity index (χ3n) is 10.6. The zero-order valence-electron chi connectivity index (χ0n) is 47.9. The largest absolute Gasteiger partial charge is 0.376 e. The molecular formula is C54H41F9N14O6S10. The number of aromatic nitrogens is 12. The van der Waals surface area contributed by atoms with E-state index >= 15 is 0 Å². The highest BCUT2D eigenvalue weighted by molar-refractivity contribution is 7.93. The standard InChI is InChI=1S/C9H7F2N3S.C9H6F2N2O2S2.C9H6F2N2OS2.C9H8FN3S.C9H7FN2O2S2.C9H7FN2OS2/c1-12-9-7(11)14-8(15-9)5-2-6(10)4-13-3-5;1-17(14,15)9-7(11)13-8(16-9)5-2-6(10)4-12-3-5;1-16(14)9-7(11)13-8(15-9)5-2-6(10)4-12-3-5;1-11-9-7(10)13-8(14-9)6-3-2-4-12-5-6;1-16(13,14)9-7(10)12-8(15-9)6-3-2-4-11-5-6;1-15(13)9-7(10)12-8(14-9)6-3-2-4-11-5-6/h2-4,12H,1H3;2-4H,1H3;2-4H,1H3;2-5,11H,1H3;2-5H,1H3;2-5H,1H3. The molecule has 0 spiro atoms. The number of rotatable bonds is 12. The van der Waals surface area contributed by atoms with Gasteiger partial charge in [-0.1, -0.05) is 45.3 Å². The lowest BCUT2D eigenvalue weighted by Crippen LogP contribution is -1.96. The van der Waals surface area contributed by atoms with Crippen molar-refractivity contribution >= 4 is 119 Å². The van der Waals surface area contributed by atoms with Gasteiger partial charge in [0.15, 0.2) is 28.1 Å². The van der Waals surface area contributed by atoms with E-state index in [1.54, 1.807) is 75.4 Å². The third kappa shape index (κ3) is 20.4. The van der Waals surface area contributed by atoms with Crippen molar-refractivity contribution < 1.29 is 64.8 Å². The average molecular weight is 1470 g/mol. The summed E-state index contributed by atoms with van der Waals surface area (Å²) in [5, 5.41) is 8.40. The Morgan fingerprint density at radius 1 is 0.366 bits per heavy atom. The molecule has 20 nitrogen and oxygen atoms in total. The molecule has 0 amide bonds. The highest BCUT2D eigenvalue weighted by atomic mass is 32.2. The van der Waals surface area contributed by atoms with Crippen LogP contribution < -0.4 is 10.6 Å². The first-order chi connectivity index (χ1) is 44.1. The van der Waals surface area contributed by atoms with Crippen molar-refractivity contribution in [1.29, 1.82) is 0 Å². The lowest BCUT2D eigenvalue weighted by Gasteiger charge is -1.93. The van der Waals surface area contributed by atoms with Gasteiger partial charge in [0.05, 0.1) is 40.2 Å². The van der Waals surface area contributed by atoms with Crippen LogP contribution in [-0.2, 0) is 41.3 Å². The van der Waals surface area contributed by atoms with Crippen molar-refractivity contribution in [2.75, 3.05) is 49.8 Å². The van der Waals surface area contributed by atoms with E-state index in [9.17, 15) is 64.8 Å². The van der Waals surface area contributed by atoms with E-state index in [4.69, 9.17) is 0 Å². The van der Waals surface area contributed by atoms with Crippen LogP contribution in [0.25, 0.3) is 63.4 Å². The summed E-state index contributed by atoms with van der Waals surface area (Å²) in [6, 6.07) is 14.1. The van der Waals surface area contributed by atoms with Crippen molar-refractivity contribution in [1.82, 2.24) is 59.8 Å². The van der Waals surface area contributed by atoms with E-state index < -0.39 is 98.6 Å². The molecule has 0 bridgehead atoms. The molecule has 486 valence electrons. The Bertz CT molecular complexity index is 4780. The van der Waals surface area contributed by atoms with Gasteiger partial charge in [0.1, 0.15) is 65.9 Å². The van der Waals surface area contributed by atoms with Crippen molar-refractivity contribution in [3.63, 3.8) is 0 Å². The van der Waals surface area contributed by atoms with Gasteiger partial charge in [-0.25, -0.2) is 59.9 Å². The summed E-state index contributed by atoms with van der Waals surface area (Å²) in [7, 11) is -6.72. The van der Waals surface area contributed by atoms with Crippen LogP contribution in [-0.4, -0.2) is 124 Å². The minimum absolute atomic E-state index is 0.0549. The molecular weight excluding hydrogens is 1430 g/mol. The van der Waals surface area contributed by atoms with E-state index in [0.29, 0.717) is 58.1 Å². The molecule has 0 saturated heterocycles. The Hall–Kier alpha value is -8.15. The molecule has 0 aliphatic carbocycles. The van der Waals surface area contributed by atoms with Gasteiger partial charge in [0, 0.05) is 128 Å². The predicted octanol–water partition coefficient (Wildman–Crippen LogP) is 12.8. The molecule has 2 unspecified atom stereocenters. The fourth-order valence-electron chi connectivity index (χ4n) is 6.67.